The van der Waals surface area contributed by atoms with Crippen molar-refractivity contribution < 1.29 is 4.74 Å². The van der Waals surface area contributed by atoms with Crippen LogP contribution in [-0.2, 0) is 10.5 Å². The zero-order valence-electron chi connectivity index (χ0n) is 13.1. The third kappa shape index (κ3) is 4.03. The zero-order valence-corrected chi connectivity index (χ0v) is 14.7. The molecule has 0 saturated carbocycles. The highest BCUT2D eigenvalue weighted by Crippen LogP contribution is 2.28. The van der Waals surface area contributed by atoms with Crippen molar-refractivity contribution in [2.45, 2.75) is 44.6 Å². The normalized spacial score (nSPS) is 12.1. The van der Waals surface area contributed by atoms with Gasteiger partial charge in [0.1, 0.15) is 33.6 Å². The van der Waals surface area contributed by atoms with Gasteiger partial charge in [0.05, 0.1) is 11.4 Å². The van der Waals surface area contributed by atoms with Gasteiger partial charge in [0.15, 0.2) is 0 Å². The lowest BCUT2D eigenvalue weighted by molar-refractivity contribution is 0.0761. The van der Waals surface area contributed by atoms with Gasteiger partial charge in [-0.25, -0.2) is 15.0 Å². The van der Waals surface area contributed by atoms with E-state index >= 15 is 0 Å². The SMILES string of the molecule is CCO[C@H](C)c1nc(CSc2nc(C)nc(C)c2C#N)cs1. The van der Waals surface area contributed by atoms with Crippen LogP contribution < -0.4 is 0 Å². The summed E-state index contributed by atoms with van der Waals surface area (Å²) in [5.74, 6) is 1.36. The van der Waals surface area contributed by atoms with Gasteiger partial charge in [-0.2, -0.15) is 5.26 Å². The Hall–Kier alpha value is -1.49. The lowest BCUT2D eigenvalue weighted by Gasteiger charge is -2.07. The summed E-state index contributed by atoms with van der Waals surface area (Å²) in [6, 6.07) is 2.18. The highest BCUT2D eigenvalue weighted by atomic mass is 32.2. The van der Waals surface area contributed by atoms with Gasteiger partial charge in [-0.3, -0.25) is 0 Å². The first-order valence-electron chi connectivity index (χ1n) is 6.99. The Morgan fingerprint density at radius 1 is 1.36 bits per heavy atom. The van der Waals surface area contributed by atoms with Gasteiger partial charge in [0, 0.05) is 17.7 Å². The number of hydrogen-bond acceptors (Lipinski definition) is 7. The molecule has 0 radical (unpaired) electrons. The van der Waals surface area contributed by atoms with Crippen molar-refractivity contribution in [3.05, 3.63) is 33.2 Å². The monoisotopic (exact) mass is 334 g/mol. The predicted molar refractivity (Wildman–Crippen MR) is 87.9 cm³/mol. The number of nitrogens with zero attached hydrogens (tertiary/aromatic N) is 4. The van der Waals surface area contributed by atoms with E-state index in [4.69, 9.17) is 4.74 Å². The second kappa shape index (κ2) is 7.68. The maximum atomic E-state index is 9.25. The van der Waals surface area contributed by atoms with E-state index in [1.165, 1.54) is 11.8 Å². The summed E-state index contributed by atoms with van der Waals surface area (Å²) in [7, 11) is 0. The molecule has 2 aromatic heterocycles. The Morgan fingerprint density at radius 2 is 2.14 bits per heavy atom. The number of hydrogen-bond donors (Lipinski definition) is 0. The fraction of sp³-hybridized carbons (Fsp3) is 0.467. The quantitative estimate of drug-likeness (QED) is 0.591. The van der Waals surface area contributed by atoms with Gasteiger partial charge < -0.3 is 4.74 Å². The van der Waals surface area contributed by atoms with Crippen LogP contribution in [0.1, 0.15) is 47.7 Å². The second-order valence-electron chi connectivity index (χ2n) is 4.71. The van der Waals surface area contributed by atoms with Crippen molar-refractivity contribution >= 4 is 23.1 Å². The minimum atomic E-state index is 0.0203. The van der Waals surface area contributed by atoms with Gasteiger partial charge in [0.25, 0.3) is 0 Å². The molecule has 2 rings (SSSR count). The molecule has 0 aliphatic carbocycles. The van der Waals surface area contributed by atoms with Gasteiger partial charge in [-0.15, -0.1) is 11.3 Å². The number of thioether (sulfide) groups is 1. The molecule has 0 aliphatic heterocycles. The van der Waals surface area contributed by atoms with Crippen LogP contribution in [0.25, 0.3) is 0 Å². The molecule has 0 fully saturated rings. The molecule has 5 nitrogen and oxygen atoms in total. The Kier molecular flexibility index (Phi) is 5.89. The number of thiazole rings is 1. The van der Waals surface area contributed by atoms with Gasteiger partial charge >= 0.3 is 0 Å². The lowest BCUT2D eigenvalue weighted by atomic mass is 10.3. The van der Waals surface area contributed by atoms with Crippen LogP contribution in [0.15, 0.2) is 10.4 Å². The molecular formula is C15H18N4OS2. The Morgan fingerprint density at radius 3 is 2.82 bits per heavy atom. The summed E-state index contributed by atoms with van der Waals surface area (Å²) >= 11 is 3.12. The molecule has 0 aromatic carbocycles. The molecule has 116 valence electrons. The number of aryl methyl sites for hydroxylation is 2. The van der Waals surface area contributed by atoms with Crippen LogP contribution in [0.3, 0.4) is 0 Å². The Labute approximate surface area is 138 Å². The summed E-state index contributed by atoms with van der Waals surface area (Å²) in [5.41, 5.74) is 2.25. The number of aromatic nitrogens is 3. The smallest absolute Gasteiger partial charge is 0.126 e. The maximum Gasteiger partial charge on any atom is 0.126 e. The maximum absolute atomic E-state index is 9.25. The Balaban J connectivity index is 2.10. The molecule has 0 amide bonds. The summed E-state index contributed by atoms with van der Waals surface area (Å²) in [5, 5.41) is 13.0. The average Bonchev–Trinajstić information content (AvgIpc) is 2.94. The van der Waals surface area contributed by atoms with Crippen LogP contribution in [0.4, 0.5) is 0 Å². The van der Waals surface area contributed by atoms with Crippen molar-refractivity contribution in [3.8, 4) is 6.07 Å². The third-order valence-electron chi connectivity index (χ3n) is 2.97. The molecule has 22 heavy (non-hydrogen) atoms. The van der Waals surface area contributed by atoms with Gasteiger partial charge in [0.2, 0.25) is 0 Å². The van der Waals surface area contributed by atoms with E-state index in [-0.39, 0.29) is 6.10 Å². The minimum absolute atomic E-state index is 0.0203. The minimum Gasteiger partial charge on any atom is -0.372 e. The molecule has 0 aliphatic rings. The zero-order chi connectivity index (χ0) is 16.1. The molecule has 0 spiro atoms. The number of nitriles is 1. The van der Waals surface area contributed by atoms with E-state index in [1.54, 1.807) is 11.3 Å². The van der Waals surface area contributed by atoms with Crippen LogP contribution in [-0.4, -0.2) is 21.6 Å². The topological polar surface area (TPSA) is 71.7 Å². The van der Waals surface area contributed by atoms with Crippen molar-refractivity contribution in [2.75, 3.05) is 6.61 Å². The lowest BCUT2D eigenvalue weighted by Crippen LogP contribution is -2.00. The van der Waals surface area contributed by atoms with Crippen molar-refractivity contribution in [1.82, 2.24) is 15.0 Å². The fourth-order valence-corrected chi connectivity index (χ4v) is 3.85. The largest absolute Gasteiger partial charge is 0.372 e. The Bertz CT molecular complexity index is 693. The van der Waals surface area contributed by atoms with Crippen molar-refractivity contribution in [3.63, 3.8) is 0 Å². The molecule has 7 heteroatoms. The third-order valence-corrected chi connectivity index (χ3v) is 5.03. The fourth-order valence-electron chi connectivity index (χ4n) is 1.95. The molecule has 0 N–H and O–H groups in total. The highest BCUT2D eigenvalue weighted by Gasteiger charge is 2.13. The van der Waals surface area contributed by atoms with E-state index in [1.807, 2.05) is 33.1 Å². The van der Waals surface area contributed by atoms with Gasteiger partial charge in [-0.1, -0.05) is 11.8 Å². The van der Waals surface area contributed by atoms with E-state index in [9.17, 15) is 5.26 Å². The molecule has 1 atom stereocenters. The van der Waals surface area contributed by atoms with Crippen molar-refractivity contribution in [1.29, 1.82) is 5.26 Å². The first-order valence-corrected chi connectivity index (χ1v) is 8.85. The van der Waals surface area contributed by atoms with Crippen LogP contribution in [0, 0.1) is 25.2 Å². The van der Waals surface area contributed by atoms with Crippen molar-refractivity contribution in [2.24, 2.45) is 0 Å². The molecule has 0 bridgehead atoms. The average molecular weight is 334 g/mol. The predicted octanol–water partition coefficient (Wildman–Crippen LogP) is 3.81. The first kappa shape index (κ1) is 16.9. The molecule has 0 unspecified atom stereocenters. The summed E-state index contributed by atoms with van der Waals surface area (Å²) < 4.78 is 5.55. The standard InChI is InChI=1S/C15H18N4OS2/c1-5-20-10(3)14-19-12(7-21-14)8-22-15-13(6-16)9(2)17-11(4)18-15/h7,10H,5,8H2,1-4H3/t10-/m1/s1. The summed E-state index contributed by atoms with van der Waals surface area (Å²) in [4.78, 5) is 13.2. The number of rotatable bonds is 6. The van der Waals surface area contributed by atoms with Crippen LogP contribution >= 0.6 is 23.1 Å². The van der Waals surface area contributed by atoms with Crippen LogP contribution in [0.5, 0.6) is 0 Å². The van der Waals surface area contributed by atoms with E-state index < -0.39 is 0 Å². The molecular weight excluding hydrogens is 316 g/mol. The van der Waals surface area contributed by atoms with E-state index in [0.29, 0.717) is 23.7 Å². The van der Waals surface area contributed by atoms with Crippen LogP contribution in [0.2, 0.25) is 0 Å². The molecule has 2 aromatic rings. The molecule has 0 saturated heterocycles. The van der Waals surface area contributed by atoms with E-state index in [0.717, 1.165) is 21.4 Å². The summed E-state index contributed by atoms with van der Waals surface area (Å²) in [6.07, 6.45) is 0.0203. The first-order chi connectivity index (χ1) is 10.5. The summed E-state index contributed by atoms with van der Waals surface area (Å²) in [6.45, 7) is 8.33. The second-order valence-corrected chi connectivity index (χ2v) is 6.57. The molecule has 2 heterocycles. The highest BCUT2D eigenvalue weighted by molar-refractivity contribution is 7.98. The number of ether oxygens (including phenoxy) is 1. The van der Waals surface area contributed by atoms with Gasteiger partial charge in [-0.05, 0) is 27.7 Å². The van der Waals surface area contributed by atoms with E-state index in [2.05, 4.69) is 21.0 Å².